The molecule has 15 heteroatoms. The Kier molecular flexibility index (Phi) is 9.03. The van der Waals surface area contributed by atoms with Gasteiger partial charge in [-0.15, -0.1) is 10.1 Å². The summed E-state index contributed by atoms with van der Waals surface area (Å²) in [7, 11) is 0. The number of imide groups is 2. The summed E-state index contributed by atoms with van der Waals surface area (Å²) in [6.45, 7) is 1.26. The Hall–Kier alpha value is -4.04. The van der Waals surface area contributed by atoms with Gasteiger partial charge in [-0.3, -0.25) is 19.2 Å². The zero-order valence-corrected chi connectivity index (χ0v) is 18.3. The van der Waals surface area contributed by atoms with Gasteiger partial charge in [0.05, 0.1) is 12.3 Å². The lowest BCUT2D eigenvalue weighted by molar-refractivity contribution is -0.201. The van der Waals surface area contributed by atoms with Crippen LogP contribution in [0.4, 0.5) is 4.79 Å². The molecule has 0 radical (unpaired) electrons. The van der Waals surface area contributed by atoms with Crippen LogP contribution in [0.2, 0.25) is 0 Å². The van der Waals surface area contributed by atoms with E-state index in [9.17, 15) is 38.4 Å². The molecule has 15 nitrogen and oxygen atoms in total. The van der Waals surface area contributed by atoms with Crippen molar-refractivity contribution in [3.63, 3.8) is 0 Å². The summed E-state index contributed by atoms with van der Waals surface area (Å²) < 4.78 is 14.0. The van der Waals surface area contributed by atoms with Crippen molar-refractivity contribution in [1.82, 2.24) is 10.1 Å². The number of ether oxygens (including phenoxy) is 3. The normalized spacial score (nSPS) is 17.4. The number of hydrogen-bond acceptors (Lipinski definition) is 13. The molecule has 2 aliphatic heterocycles. The van der Waals surface area contributed by atoms with E-state index in [0.717, 1.165) is 0 Å². The summed E-state index contributed by atoms with van der Waals surface area (Å²) in [5.74, 6) is -6.68. The van der Waals surface area contributed by atoms with Crippen LogP contribution in [0.1, 0.15) is 46.0 Å². The lowest BCUT2D eigenvalue weighted by atomic mass is 10.2. The van der Waals surface area contributed by atoms with Gasteiger partial charge in [0.2, 0.25) is 0 Å². The predicted molar refractivity (Wildman–Crippen MR) is 101 cm³/mol. The van der Waals surface area contributed by atoms with Crippen LogP contribution in [0.3, 0.4) is 0 Å². The van der Waals surface area contributed by atoms with Crippen LogP contribution in [0.25, 0.3) is 0 Å². The van der Waals surface area contributed by atoms with E-state index in [4.69, 9.17) is 9.47 Å². The van der Waals surface area contributed by atoms with Crippen molar-refractivity contribution < 1.29 is 62.2 Å². The van der Waals surface area contributed by atoms with Crippen molar-refractivity contribution in [2.45, 2.75) is 52.1 Å². The molecular weight excluding hydrogens is 464 g/mol. The quantitative estimate of drug-likeness (QED) is 0.279. The van der Waals surface area contributed by atoms with E-state index in [-0.39, 0.29) is 25.7 Å². The largest absolute Gasteiger partial charge is 0.509 e. The lowest BCUT2D eigenvalue weighted by Crippen LogP contribution is -2.35. The number of rotatable bonds is 10. The molecule has 0 aliphatic carbocycles. The van der Waals surface area contributed by atoms with E-state index in [1.165, 1.54) is 13.8 Å². The number of nitrogens with zero attached hydrogens (tertiary/aromatic N) is 2. The molecule has 0 saturated carbocycles. The van der Waals surface area contributed by atoms with Gasteiger partial charge in [0.15, 0.2) is 6.61 Å². The first-order valence-corrected chi connectivity index (χ1v) is 10.1. The summed E-state index contributed by atoms with van der Waals surface area (Å²) in [6, 6.07) is 0. The molecule has 34 heavy (non-hydrogen) atoms. The summed E-state index contributed by atoms with van der Waals surface area (Å²) in [5, 5.41) is 0.707. The summed E-state index contributed by atoms with van der Waals surface area (Å²) in [4.78, 5) is 102. The summed E-state index contributed by atoms with van der Waals surface area (Å²) >= 11 is 0. The van der Waals surface area contributed by atoms with E-state index in [0.29, 0.717) is 10.1 Å². The Bertz CT molecular complexity index is 867. The van der Waals surface area contributed by atoms with Gasteiger partial charge in [0.25, 0.3) is 23.6 Å². The molecule has 2 heterocycles. The number of amides is 4. The van der Waals surface area contributed by atoms with E-state index >= 15 is 0 Å². The number of esters is 1. The smallest absolute Gasteiger partial charge is 0.462 e. The third-order valence-corrected chi connectivity index (χ3v) is 4.34. The zero-order chi connectivity index (χ0) is 25.4. The average molecular weight is 486 g/mol. The molecule has 2 fully saturated rings. The number of hydroxylamine groups is 4. The first kappa shape index (κ1) is 26.2. The summed E-state index contributed by atoms with van der Waals surface area (Å²) in [5.41, 5.74) is 0. The monoisotopic (exact) mass is 486 g/mol. The van der Waals surface area contributed by atoms with Gasteiger partial charge in [-0.25, -0.2) is 19.2 Å². The van der Waals surface area contributed by atoms with Crippen LogP contribution in [0.15, 0.2) is 0 Å². The minimum atomic E-state index is -1.32. The minimum absolute atomic E-state index is 0.0689. The van der Waals surface area contributed by atoms with Crippen molar-refractivity contribution in [3.8, 4) is 0 Å². The molecule has 0 bridgehead atoms. The Morgan fingerprint density at radius 1 is 0.765 bits per heavy atom. The third kappa shape index (κ3) is 7.53. The van der Waals surface area contributed by atoms with Crippen molar-refractivity contribution in [3.05, 3.63) is 0 Å². The molecule has 0 spiro atoms. The van der Waals surface area contributed by atoms with Crippen molar-refractivity contribution in [2.24, 2.45) is 5.92 Å². The Labute approximate surface area is 192 Å². The van der Waals surface area contributed by atoms with Gasteiger partial charge >= 0.3 is 24.1 Å². The Balaban J connectivity index is 1.62. The number of carbonyl (C=O) groups is 8. The molecule has 2 saturated heterocycles. The molecule has 0 aromatic carbocycles. The predicted octanol–water partition coefficient (Wildman–Crippen LogP) is -0.688. The highest BCUT2D eigenvalue weighted by Gasteiger charge is 2.35. The lowest BCUT2D eigenvalue weighted by Gasteiger charge is -2.16. The standard InChI is InChI=1S/C19H22N2O13/c1-10(18(28)34-21-14(24)5-6-15(21)25)8-30-17(27)9-31-19(29)32-11(2)7-16(26)33-20-12(22)3-4-13(20)23/h10-11H,3-9H2,1-2H3. The molecule has 0 aromatic heterocycles. The highest BCUT2D eigenvalue weighted by atomic mass is 16.7. The third-order valence-electron chi connectivity index (χ3n) is 4.34. The highest BCUT2D eigenvalue weighted by Crippen LogP contribution is 2.15. The highest BCUT2D eigenvalue weighted by molar-refractivity contribution is 6.02. The van der Waals surface area contributed by atoms with E-state index in [1.807, 2.05) is 0 Å². The van der Waals surface area contributed by atoms with E-state index in [2.05, 4.69) is 14.4 Å². The zero-order valence-electron chi connectivity index (χ0n) is 18.3. The first-order valence-electron chi connectivity index (χ1n) is 10.1. The fraction of sp³-hybridized carbons (Fsp3) is 0.579. The molecule has 2 unspecified atom stereocenters. The topological polar surface area (TPSA) is 189 Å². The molecular formula is C19H22N2O13. The fourth-order valence-electron chi connectivity index (χ4n) is 2.55. The van der Waals surface area contributed by atoms with Crippen molar-refractivity contribution in [1.29, 1.82) is 0 Å². The van der Waals surface area contributed by atoms with Gasteiger partial charge in [-0.1, -0.05) is 0 Å². The van der Waals surface area contributed by atoms with Crippen LogP contribution in [0, 0.1) is 5.92 Å². The Morgan fingerprint density at radius 3 is 1.79 bits per heavy atom. The van der Waals surface area contributed by atoms with Crippen LogP contribution >= 0.6 is 0 Å². The fourth-order valence-corrected chi connectivity index (χ4v) is 2.55. The van der Waals surface area contributed by atoms with E-state index < -0.39 is 79.3 Å². The van der Waals surface area contributed by atoms with Crippen molar-refractivity contribution in [2.75, 3.05) is 13.2 Å². The number of carbonyl (C=O) groups excluding carboxylic acids is 8. The average Bonchev–Trinajstić information content (AvgIpc) is 3.25. The maximum absolute atomic E-state index is 11.9. The van der Waals surface area contributed by atoms with Crippen molar-refractivity contribution >= 4 is 47.7 Å². The van der Waals surface area contributed by atoms with Gasteiger partial charge in [0, 0.05) is 25.7 Å². The second kappa shape index (κ2) is 11.7. The van der Waals surface area contributed by atoms with Gasteiger partial charge < -0.3 is 23.9 Å². The maximum atomic E-state index is 11.9. The molecule has 2 atom stereocenters. The molecule has 4 amide bonds. The van der Waals surface area contributed by atoms with Crippen LogP contribution in [-0.2, 0) is 57.4 Å². The molecule has 2 rings (SSSR count). The molecule has 0 aromatic rings. The SMILES string of the molecule is CC(CC(=O)ON1C(=O)CCC1=O)OC(=O)OCC(=O)OCC(C)C(=O)ON1C(=O)CCC1=O. The first-order chi connectivity index (χ1) is 16.0. The number of hydrogen-bond donors (Lipinski definition) is 0. The van der Waals surface area contributed by atoms with Crippen LogP contribution in [-0.4, -0.2) is 77.1 Å². The molecule has 2 aliphatic rings. The molecule has 0 N–H and O–H groups in total. The second-order valence-electron chi connectivity index (χ2n) is 7.29. The van der Waals surface area contributed by atoms with Crippen LogP contribution < -0.4 is 0 Å². The molecule has 186 valence electrons. The van der Waals surface area contributed by atoms with E-state index in [1.54, 1.807) is 0 Å². The second-order valence-corrected chi connectivity index (χ2v) is 7.29. The van der Waals surface area contributed by atoms with Gasteiger partial charge in [-0.2, -0.15) is 0 Å². The minimum Gasteiger partial charge on any atom is -0.462 e. The van der Waals surface area contributed by atoms with Gasteiger partial charge in [0.1, 0.15) is 12.7 Å². The Morgan fingerprint density at radius 2 is 1.26 bits per heavy atom. The van der Waals surface area contributed by atoms with Crippen LogP contribution in [0.5, 0.6) is 0 Å². The maximum Gasteiger partial charge on any atom is 0.509 e. The van der Waals surface area contributed by atoms with Gasteiger partial charge in [-0.05, 0) is 13.8 Å². The summed E-state index contributed by atoms with van der Waals surface area (Å²) in [6.07, 6.45) is -3.17.